The van der Waals surface area contributed by atoms with Gasteiger partial charge in [-0.1, -0.05) is 48.0 Å². The van der Waals surface area contributed by atoms with E-state index in [4.69, 9.17) is 21.4 Å². The average Bonchev–Trinajstić information content (AvgIpc) is 2.42. The highest BCUT2D eigenvalue weighted by atomic mass is 35.5. The summed E-state index contributed by atoms with van der Waals surface area (Å²) in [6.07, 6.45) is 0.608. The lowest BCUT2D eigenvalue weighted by Gasteiger charge is -2.09. The minimum atomic E-state index is 0.125. The summed E-state index contributed by atoms with van der Waals surface area (Å²) in [6, 6.07) is 15.8. The molecule has 0 saturated heterocycles. The zero-order valence-electron chi connectivity index (χ0n) is 9.97. The molecule has 2 nitrogen and oxygen atoms in total. The van der Waals surface area contributed by atoms with Gasteiger partial charge in [0.05, 0.1) is 11.6 Å². The third-order valence-corrected chi connectivity index (χ3v) is 2.89. The van der Waals surface area contributed by atoms with Crippen LogP contribution in [-0.4, -0.2) is 18.3 Å². The molecule has 0 saturated carbocycles. The number of hydrogen-bond donors (Lipinski definition) is 1. The molecule has 0 heterocycles. The van der Waals surface area contributed by atoms with E-state index >= 15 is 0 Å². The van der Waals surface area contributed by atoms with Gasteiger partial charge in [-0.15, -0.1) is 0 Å². The Balaban J connectivity index is 2.15. The van der Waals surface area contributed by atoms with E-state index in [1.165, 1.54) is 0 Å². The van der Waals surface area contributed by atoms with Crippen LogP contribution >= 0.6 is 11.6 Å². The molecule has 0 bridgehead atoms. The summed E-state index contributed by atoms with van der Waals surface area (Å²) >= 11 is 6.17. The number of benzene rings is 2. The second kappa shape index (κ2) is 6.43. The molecule has 3 heteroatoms. The van der Waals surface area contributed by atoms with Crippen LogP contribution in [0.25, 0.3) is 11.1 Å². The molecule has 94 valence electrons. The molecule has 0 aliphatic rings. The summed E-state index contributed by atoms with van der Waals surface area (Å²) in [4.78, 5) is 0. The largest absolute Gasteiger partial charge is 0.492 e. The van der Waals surface area contributed by atoms with Crippen molar-refractivity contribution in [3.8, 4) is 16.9 Å². The van der Waals surface area contributed by atoms with Crippen LogP contribution < -0.4 is 4.74 Å². The first kappa shape index (κ1) is 12.9. The molecule has 2 aromatic carbocycles. The van der Waals surface area contributed by atoms with E-state index in [9.17, 15) is 0 Å². The van der Waals surface area contributed by atoms with Gasteiger partial charge in [-0.25, -0.2) is 0 Å². The fraction of sp³-hybridized carbons (Fsp3) is 0.200. The van der Waals surface area contributed by atoms with Gasteiger partial charge in [0.1, 0.15) is 5.75 Å². The van der Waals surface area contributed by atoms with Gasteiger partial charge in [0.15, 0.2) is 0 Å². The lowest BCUT2D eigenvalue weighted by atomic mass is 10.1. The van der Waals surface area contributed by atoms with Crippen molar-refractivity contribution in [3.05, 3.63) is 53.6 Å². The van der Waals surface area contributed by atoms with Crippen LogP contribution in [0.1, 0.15) is 6.42 Å². The van der Waals surface area contributed by atoms with Gasteiger partial charge in [-0.2, -0.15) is 0 Å². The van der Waals surface area contributed by atoms with Crippen LogP contribution in [0, 0.1) is 0 Å². The summed E-state index contributed by atoms with van der Waals surface area (Å²) in [5.74, 6) is 0.657. The van der Waals surface area contributed by atoms with E-state index < -0.39 is 0 Å². The van der Waals surface area contributed by atoms with Crippen molar-refractivity contribution in [2.45, 2.75) is 6.42 Å². The molecule has 0 aromatic heterocycles. The smallest absolute Gasteiger partial charge is 0.137 e. The Kier molecular flexibility index (Phi) is 4.62. The molecule has 0 unspecified atom stereocenters. The third-order valence-electron chi connectivity index (χ3n) is 2.60. The molecule has 2 rings (SSSR count). The minimum Gasteiger partial charge on any atom is -0.492 e. The van der Waals surface area contributed by atoms with Gasteiger partial charge in [0.2, 0.25) is 0 Å². The van der Waals surface area contributed by atoms with Crippen LogP contribution in [0.4, 0.5) is 0 Å². The molecule has 0 spiro atoms. The maximum atomic E-state index is 8.69. The zero-order valence-corrected chi connectivity index (χ0v) is 10.7. The van der Waals surface area contributed by atoms with E-state index in [0.29, 0.717) is 23.8 Å². The van der Waals surface area contributed by atoms with Gasteiger partial charge in [0.25, 0.3) is 0 Å². The monoisotopic (exact) mass is 262 g/mol. The van der Waals surface area contributed by atoms with Crippen LogP contribution in [0.15, 0.2) is 48.5 Å². The Bertz CT molecular complexity index is 497. The summed E-state index contributed by atoms with van der Waals surface area (Å²) in [7, 11) is 0. The van der Waals surface area contributed by atoms with Gasteiger partial charge in [-0.3, -0.25) is 0 Å². The molecule has 0 radical (unpaired) electrons. The molecule has 0 atom stereocenters. The summed E-state index contributed by atoms with van der Waals surface area (Å²) < 4.78 is 5.48. The molecule has 18 heavy (non-hydrogen) atoms. The molecular weight excluding hydrogens is 248 g/mol. The van der Waals surface area contributed by atoms with Crippen molar-refractivity contribution >= 4 is 11.6 Å². The summed E-state index contributed by atoms with van der Waals surface area (Å²) in [5, 5.41) is 9.29. The normalized spacial score (nSPS) is 10.3. The predicted molar refractivity (Wildman–Crippen MR) is 74.1 cm³/mol. The highest BCUT2D eigenvalue weighted by Gasteiger charge is 2.04. The first-order chi connectivity index (χ1) is 8.81. The van der Waals surface area contributed by atoms with Crippen LogP contribution in [0.5, 0.6) is 5.75 Å². The van der Waals surface area contributed by atoms with Gasteiger partial charge < -0.3 is 9.84 Å². The number of ether oxygens (including phenoxy) is 1. The van der Waals surface area contributed by atoms with Crippen molar-refractivity contribution in [2.75, 3.05) is 13.2 Å². The summed E-state index contributed by atoms with van der Waals surface area (Å²) in [6.45, 7) is 0.598. The number of aliphatic hydroxyl groups is 1. The van der Waals surface area contributed by atoms with E-state index in [-0.39, 0.29) is 6.61 Å². The average molecular weight is 263 g/mol. The zero-order chi connectivity index (χ0) is 12.8. The van der Waals surface area contributed by atoms with Crippen molar-refractivity contribution < 1.29 is 9.84 Å². The maximum Gasteiger partial charge on any atom is 0.137 e. The van der Waals surface area contributed by atoms with Gasteiger partial charge in [0, 0.05) is 13.0 Å². The van der Waals surface area contributed by atoms with Crippen molar-refractivity contribution in [1.29, 1.82) is 0 Å². The SMILES string of the molecule is OCCCOc1ccc(-c2ccccc2)cc1Cl. The molecule has 0 aliphatic carbocycles. The second-order valence-corrected chi connectivity index (χ2v) is 4.34. The topological polar surface area (TPSA) is 29.5 Å². The highest BCUT2D eigenvalue weighted by molar-refractivity contribution is 6.32. The Hall–Kier alpha value is -1.51. The Morgan fingerprint density at radius 1 is 1.00 bits per heavy atom. The number of halogens is 1. The number of rotatable bonds is 5. The third kappa shape index (κ3) is 3.25. The van der Waals surface area contributed by atoms with Crippen molar-refractivity contribution in [1.82, 2.24) is 0 Å². The minimum absolute atomic E-state index is 0.125. The van der Waals surface area contributed by atoms with Crippen molar-refractivity contribution in [2.24, 2.45) is 0 Å². The lowest BCUT2D eigenvalue weighted by molar-refractivity contribution is 0.233. The van der Waals surface area contributed by atoms with Crippen LogP contribution in [0.3, 0.4) is 0 Å². The number of hydrogen-bond acceptors (Lipinski definition) is 2. The first-order valence-electron chi connectivity index (χ1n) is 5.90. The fourth-order valence-corrected chi connectivity index (χ4v) is 1.91. The maximum absolute atomic E-state index is 8.69. The quantitative estimate of drug-likeness (QED) is 0.832. The van der Waals surface area contributed by atoms with E-state index in [1.54, 1.807) is 0 Å². The molecule has 0 fully saturated rings. The molecular formula is C15H15ClO2. The number of aliphatic hydroxyl groups excluding tert-OH is 1. The molecule has 1 N–H and O–H groups in total. The standard InChI is InChI=1S/C15H15ClO2/c16-14-11-13(12-5-2-1-3-6-12)7-8-15(14)18-10-4-9-17/h1-3,5-8,11,17H,4,9-10H2. The predicted octanol–water partition coefficient (Wildman–Crippen LogP) is 3.77. The van der Waals surface area contributed by atoms with E-state index in [0.717, 1.165) is 11.1 Å². The van der Waals surface area contributed by atoms with Crippen LogP contribution in [0.2, 0.25) is 5.02 Å². The van der Waals surface area contributed by atoms with E-state index in [2.05, 4.69) is 0 Å². The van der Waals surface area contributed by atoms with Gasteiger partial charge >= 0.3 is 0 Å². The van der Waals surface area contributed by atoms with Gasteiger partial charge in [-0.05, 0) is 23.3 Å². The fourth-order valence-electron chi connectivity index (χ4n) is 1.67. The molecule has 2 aromatic rings. The lowest BCUT2D eigenvalue weighted by Crippen LogP contribution is -2.00. The Morgan fingerprint density at radius 2 is 1.78 bits per heavy atom. The summed E-state index contributed by atoms with van der Waals surface area (Å²) in [5.41, 5.74) is 2.19. The van der Waals surface area contributed by atoms with Crippen LogP contribution in [-0.2, 0) is 0 Å². The molecule has 0 aliphatic heterocycles. The Morgan fingerprint density at radius 3 is 2.44 bits per heavy atom. The van der Waals surface area contributed by atoms with Crippen molar-refractivity contribution in [3.63, 3.8) is 0 Å². The molecule has 0 amide bonds. The first-order valence-corrected chi connectivity index (χ1v) is 6.27. The second-order valence-electron chi connectivity index (χ2n) is 3.94. The van der Waals surface area contributed by atoms with E-state index in [1.807, 2.05) is 48.5 Å². The Labute approximate surface area is 112 Å². The highest BCUT2D eigenvalue weighted by Crippen LogP contribution is 2.30.